The highest BCUT2D eigenvalue weighted by molar-refractivity contribution is 6.43. The van der Waals surface area contributed by atoms with Crippen LogP contribution in [0.1, 0.15) is 56.5 Å². The van der Waals surface area contributed by atoms with Gasteiger partial charge in [0, 0.05) is 35.8 Å². The zero-order chi connectivity index (χ0) is 27.1. The topological polar surface area (TPSA) is 91.1 Å². The molecule has 1 fully saturated rings. The first-order valence-electron chi connectivity index (χ1n) is 12.6. The lowest BCUT2D eigenvalue weighted by atomic mass is 9.73. The van der Waals surface area contributed by atoms with Gasteiger partial charge in [0.25, 0.3) is 0 Å². The van der Waals surface area contributed by atoms with E-state index in [2.05, 4.69) is 38.4 Å². The number of amides is 1. The average molecular weight is 550 g/mol. The van der Waals surface area contributed by atoms with Crippen LogP contribution in [-0.2, 0) is 11.2 Å². The molecule has 1 N–H and O–H groups in total. The van der Waals surface area contributed by atoms with Gasteiger partial charge < -0.3 is 15.0 Å². The summed E-state index contributed by atoms with van der Waals surface area (Å²) in [5, 5.41) is 13.8. The number of nitrogens with one attached hydrogen (secondary N) is 1. The van der Waals surface area contributed by atoms with E-state index in [1.165, 1.54) is 5.56 Å². The Labute approximate surface area is 232 Å². The SMILES string of the molecule is CC(C)(C)OC(=O)N[C@@H]1c2ccccc2CC12CCN(c1ncc(-c3cccc(Cl)c3Cl)c(C#N)n1)CC2. The third kappa shape index (κ3) is 5.03. The highest BCUT2D eigenvalue weighted by Gasteiger charge is 2.49. The maximum atomic E-state index is 12.8. The number of alkyl carbamates (subject to hydrolysis) is 1. The smallest absolute Gasteiger partial charge is 0.408 e. The average Bonchev–Trinajstić information content (AvgIpc) is 3.17. The molecule has 5 rings (SSSR count). The molecule has 1 atom stereocenters. The van der Waals surface area contributed by atoms with Crippen LogP contribution in [0.2, 0.25) is 10.0 Å². The highest BCUT2D eigenvalue weighted by Crippen LogP contribution is 2.52. The fraction of sp³-hybridized carbons (Fsp3) is 0.379. The molecule has 0 radical (unpaired) electrons. The number of aromatic nitrogens is 2. The summed E-state index contributed by atoms with van der Waals surface area (Å²) in [6.07, 6.45) is 3.78. The van der Waals surface area contributed by atoms with Gasteiger partial charge in [0.1, 0.15) is 11.7 Å². The lowest BCUT2D eigenvalue weighted by Gasteiger charge is -2.43. The molecule has 0 bridgehead atoms. The fourth-order valence-electron chi connectivity index (χ4n) is 5.58. The van der Waals surface area contributed by atoms with Gasteiger partial charge in [0.05, 0.1) is 16.1 Å². The van der Waals surface area contributed by atoms with Gasteiger partial charge in [-0.15, -0.1) is 0 Å². The number of ether oxygens (including phenoxy) is 1. The molecule has 1 spiro atoms. The summed E-state index contributed by atoms with van der Waals surface area (Å²) in [7, 11) is 0. The van der Waals surface area contributed by atoms with Crippen LogP contribution in [0.25, 0.3) is 11.1 Å². The van der Waals surface area contributed by atoms with E-state index < -0.39 is 11.7 Å². The Hall–Kier alpha value is -3.34. The summed E-state index contributed by atoms with van der Waals surface area (Å²) in [5.41, 5.74) is 3.12. The van der Waals surface area contributed by atoms with Crippen molar-refractivity contribution >= 4 is 35.2 Å². The number of nitrogens with zero attached hydrogens (tertiary/aromatic N) is 4. The van der Waals surface area contributed by atoms with Gasteiger partial charge in [-0.2, -0.15) is 5.26 Å². The number of rotatable bonds is 3. The molecule has 2 aliphatic rings. The molecule has 9 heteroatoms. The second-order valence-corrected chi connectivity index (χ2v) is 11.7. The minimum atomic E-state index is -0.573. The van der Waals surface area contributed by atoms with E-state index in [0.717, 1.165) is 24.8 Å². The van der Waals surface area contributed by atoms with Crippen molar-refractivity contribution in [2.24, 2.45) is 5.41 Å². The van der Waals surface area contributed by atoms with Crippen LogP contribution in [0.15, 0.2) is 48.7 Å². The third-order valence-corrected chi connectivity index (χ3v) is 8.17. The van der Waals surface area contributed by atoms with Gasteiger partial charge in [0.2, 0.25) is 5.95 Å². The van der Waals surface area contributed by atoms with Gasteiger partial charge in [0.15, 0.2) is 5.69 Å². The summed E-state index contributed by atoms with van der Waals surface area (Å²) in [6, 6.07) is 15.6. The Balaban J connectivity index is 1.37. The van der Waals surface area contributed by atoms with Crippen molar-refractivity contribution in [3.8, 4) is 17.2 Å². The highest BCUT2D eigenvalue weighted by atomic mass is 35.5. The lowest BCUT2D eigenvalue weighted by molar-refractivity contribution is 0.0428. The van der Waals surface area contributed by atoms with Crippen molar-refractivity contribution in [3.63, 3.8) is 0 Å². The summed E-state index contributed by atoms with van der Waals surface area (Å²) in [5.74, 6) is 0.505. The van der Waals surface area contributed by atoms with Crippen molar-refractivity contribution < 1.29 is 9.53 Å². The largest absolute Gasteiger partial charge is 0.444 e. The summed E-state index contributed by atoms with van der Waals surface area (Å²) in [6.45, 7) is 6.99. The van der Waals surface area contributed by atoms with Gasteiger partial charge in [-0.05, 0) is 57.2 Å². The molecule has 1 aromatic heterocycles. The fourth-order valence-corrected chi connectivity index (χ4v) is 5.98. The first-order valence-corrected chi connectivity index (χ1v) is 13.4. The van der Waals surface area contributed by atoms with Crippen molar-refractivity contribution in [1.29, 1.82) is 5.26 Å². The predicted molar refractivity (Wildman–Crippen MR) is 148 cm³/mol. The molecule has 2 heterocycles. The second kappa shape index (κ2) is 10.1. The van der Waals surface area contributed by atoms with Crippen molar-refractivity contribution in [2.75, 3.05) is 18.0 Å². The van der Waals surface area contributed by atoms with Gasteiger partial charge in [-0.3, -0.25) is 0 Å². The first kappa shape index (κ1) is 26.3. The maximum Gasteiger partial charge on any atom is 0.408 e. The molecule has 0 saturated carbocycles. The molecule has 2 aromatic carbocycles. The van der Waals surface area contributed by atoms with Crippen molar-refractivity contribution in [3.05, 3.63) is 75.5 Å². The molecular formula is C29H29Cl2N5O2. The van der Waals surface area contributed by atoms with E-state index in [1.54, 1.807) is 24.4 Å². The molecular weight excluding hydrogens is 521 g/mol. The minimum Gasteiger partial charge on any atom is -0.444 e. The number of anilines is 1. The predicted octanol–water partition coefficient (Wildman–Crippen LogP) is 6.73. The number of halogens is 2. The number of hydrogen-bond donors (Lipinski definition) is 1. The Morgan fingerprint density at radius 1 is 1.13 bits per heavy atom. The number of benzene rings is 2. The minimum absolute atomic E-state index is 0.136. The quantitative estimate of drug-likeness (QED) is 0.389. The third-order valence-electron chi connectivity index (χ3n) is 7.35. The monoisotopic (exact) mass is 549 g/mol. The van der Waals surface area contributed by atoms with Crippen LogP contribution in [0.5, 0.6) is 0 Å². The second-order valence-electron chi connectivity index (χ2n) is 10.9. The Bertz CT molecular complexity index is 1420. The van der Waals surface area contributed by atoms with E-state index in [9.17, 15) is 10.1 Å². The summed E-state index contributed by atoms with van der Waals surface area (Å²) < 4.78 is 5.60. The Kier molecular flexibility index (Phi) is 6.97. The van der Waals surface area contributed by atoms with E-state index >= 15 is 0 Å². The normalized spacial score (nSPS) is 18.1. The summed E-state index contributed by atoms with van der Waals surface area (Å²) in [4.78, 5) is 24.1. The Morgan fingerprint density at radius 2 is 1.87 bits per heavy atom. The molecule has 196 valence electrons. The van der Waals surface area contributed by atoms with Crippen LogP contribution < -0.4 is 10.2 Å². The van der Waals surface area contributed by atoms with E-state index in [4.69, 9.17) is 27.9 Å². The van der Waals surface area contributed by atoms with E-state index in [-0.39, 0.29) is 17.2 Å². The van der Waals surface area contributed by atoms with Crippen LogP contribution in [0.3, 0.4) is 0 Å². The maximum absolute atomic E-state index is 12.8. The number of hydrogen-bond acceptors (Lipinski definition) is 6. The number of nitriles is 1. The standard InChI is InChI=1S/C29H29Cl2N5O2/c1-28(2,3)38-27(37)35-25-19-8-5-4-7-18(19)15-29(25)11-13-36(14-12-29)26-33-17-21(23(16-32)34-26)20-9-6-10-22(30)24(20)31/h4-10,17,25H,11-15H2,1-3H3,(H,35,37)/t25-/m1/s1. The lowest BCUT2D eigenvalue weighted by Crippen LogP contribution is -2.48. The molecule has 38 heavy (non-hydrogen) atoms. The van der Waals surface area contributed by atoms with Crippen LogP contribution in [-0.4, -0.2) is 34.8 Å². The van der Waals surface area contributed by atoms with Crippen molar-refractivity contribution in [1.82, 2.24) is 15.3 Å². The Morgan fingerprint density at radius 3 is 2.58 bits per heavy atom. The number of fused-ring (bicyclic) bond motifs is 1. The molecule has 1 aliphatic carbocycles. The zero-order valence-corrected chi connectivity index (χ0v) is 23.1. The van der Waals surface area contributed by atoms with E-state index in [1.807, 2.05) is 32.9 Å². The molecule has 7 nitrogen and oxygen atoms in total. The molecule has 1 saturated heterocycles. The molecule has 0 unspecified atom stereocenters. The van der Waals surface area contributed by atoms with Gasteiger partial charge >= 0.3 is 6.09 Å². The molecule has 1 amide bonds. The summed E-state index contributed by atoms with van der Waals surface area (Å²) >= 11 is 12.6. The zero-order valence-electron chi connectivity index (χ0n) is 21.6. The number of carbonyl (C=O) groups is 1. The van der Waals surface area contributed by atoms with Gasteiger partial charge in [-0.1, -0.05) is 59.6 Å². The molecule has 1 aliphatic heterocycles. The molecule has 3 aromatic rings. The van der Waals surface area contributed by atoms with Crippen molar-refractivity contribution in [2.45, 2.75) is 51.7 Å². The van der Waals surface area contributed by atoms with Crippen LogP contribution >= 0.6 is 23.2 Å². The van der Waals surface area contributed by atoms with Crippen LogP contribution in [0, 0.1) is 16.7 Å². The van der Waals surface area contributed by atoms with E-state index in [0.29, 0.717) is 40.2 Å². The van der Waals surface area contributed by atoms with Crippen LogP contribution in [0.4, 0.5) is 10.7 Å². The number of piperidine rings is 1. The number of carbonyl (C=O) groups excluding carboxylic acids is 1. The van der Waals surface area contributed by atoms with Gasteiger partial charge in [-0.25, -0.2) is 14.8 Å². The first-order chi connectivity index (χ1) is 18.1.